The van der Waals surface area contributed by atoms with Crippen LogP contribution in [-0.2, 0) is 22.4 Å². The third-order valence-corrected chi connectivity index (χ3v) is 6.42. The highest BCUT2D eigenvalue weighted by atomic mass is 16.7. The molecular formula is C26H32N2O4. The summed E-state index contributed by atoms with van der Waals surface area (Å²) in [6, 6.07) is 15.6. The van der Waals surface area contributed by atoms with Crippen molar-refractivity contribution in [1.29, 1.82) is 0 Å². The minimum absolute atomic E-state index is 0.00679. The van der Waals surface area contributed by atoms with Gasteiger partial charge in [0.2, 0.25) is 18.6 Å². The number of carbonyl (C=O) groups is 2. The van der Waals surface area contributed by atoms with E-state index in [0.717, 1.165) is 54.7 Å². The summed E-state index contributed by atoms with van der Waals surface area (Å²) >= 11 is 0. The summed E-state index contributed by atoms with van der Waals surface area (Å²) in [6.07, 6.45) is 6.03. The van der Waals surface area contributed by atoms with E-state index in [-0.39, 0.29) is 24.6 Å². The van der Waals surface area contributed by atoms with Crippen molar-refractivity contribution in [3.8, 4) is 11.5 Å². The first-order valence-electron chi connectivity index (χ1n) is 11.6. The molecule has 1 aliphatic heterocycles. The monoisotopic (exact) mass is 436 g/mol. The highest BCUT2D eigenvalue weighted by Gasteiger charge is 2.28. The van der Waals surface area contributed by atoms with Crippen molar-refractivity contribution in [1.82, 2.24) is 10.2 Å². The van der Waals surface area contributed by atoms with Crippen LogP contribution in [0.4, 0.5) is 0 Å². The Morgan fingerprint density at radius 2 is 1.75 bits per heavy atom. The largest absolute Gasteiger partial charge is 0.454 e. The van der Waals surface area contributed by atoms with Gasteiger partial charge in [0, 0.05) is 19.0 Å². The van der Waals surface area contributed by atoms with E-state index in [0.29, 0.717) is 19.4 Å². The minimum Gasteiger partial charge on any atom is -0.454 e. The summed E-state index contributed by atoms with van der Waals surface area (Å²) in [5.41, 5.74) is 2.18. The zero-order chi connectivity index (χ0) is 22.3. The third-order valence-electron chi connectivity index (χ3n) is 6.42. The average molecular weight is 437 g/mol. The number of hydrogen-bond donors (Lipinski definition) is 1. The Balaban J connectivity index is 1.40. The van der Waals surface area contributed by atoms with E-state index in [1.807, 2.05) is 43.3 Å². The number of benzene rings is 2. The van der Waals surface area contributed by atoms with Crippen molar-refractivity contribution in [2.45, 2.75) is 64.0 Å². The highest BCUT2D eigenvalue weighted by Crippen LogP contribution is 2.32. The second-order valence-corrected chi connectivity index (χ2v) is 8.68. The van der Waals surface area contributed by atoms with E-state index in [2.05, 4.69) is 17.4 Å². The van der Waals surface area contributed by atoms with Gasteiger partial charge in [0.05, 0.1) is 0 Å². The van der Waals surface area contributed by atoms with Crippen LogP contribution < -0.4 is 14.8 Å². The van der Waals surface area contributed by atoms with Gasteiger partial charge in [-0.25, -0.2) is 0 Å². The summed E-state index contributed by atoms with van der Waals surface area (Å²) in [4.78, 5) is 27.9. The third kappa shape index (κ3) is 5.61. The molecular weight excluding hydrogens is 404 g/mol. The second kappa shape index (κ2) is 10.5. The predicted octanol–water partition coefficient (Wildman–Crippen LogP) is 3.87. The van der Waals surface area contributed by atoms with Gasteiger partial charge < -0.3 is 19.7 Å². The number of amides is 2. The number of nitrogens with one attached hydrogen (secondary N) is 1. The Bertz CT molecular complexity index is 925. The van der Waals surface area contributed by atoms with Crippen LogP contribution in [0.2, 0.25) is 0 Å². The van der Waals surface area contributed by atoms with Gasteiger partial charge in [0.25, 0.3) is 0 Å². The molecule has 32 heavy (non-hydrogen) atoms. The molecule has 2 aromatic carbocycles. The standard InChI is InChI=1S/C26H32N2O4/c1-19(26(30)27-22-9-5-6-10-22)28(16-15-20-7-3-2-4-8-20)25(29)14-12-21-11-13-23-24(17-21)32-18-31-23/h2-4,7-8,11,13,17,19,22H,5-6,9-10,12,14-16,18H2,1H3,(H,27,30)/t19-/m0/s1. The molecule has 1 fully saturated rings. The Labute approximate surface area is 189 Å². The van der Waals surface area contributed by atoms with E-state index >= 15 is 0 Å². The number of nitrogens with zero attached hydrogens (tertiary/aromatic N) is 1. The molecule has 1 N–H and O–H groups in total. The van der Waals surface area contributed by atoms with Gasteiger partial charge >= 0.3 is 0 Å². The molecule has 1 saturated carbocycles. The molecule has 170 valence electrons. The maximum atomic E-state index is 13.2. The van der Waals surface area contributed by atoms with Crippen LogP contribution in [0, 0.1) is 0 Å². The Kier molecular flexibility index (Phi) is 7.30. The first kappa shape index (κ1) is 22.2. The molecule has 0 spiro atoms. The van der Waals surface area contributed by atoms with E-state index in [9.17, 15) is 9.59 Å². The topological polar surface area (TPSA) is 67.9 Å². The van der Waals surface area contributed by atoms with Crippen LogP contribution in [0.1, 0.15) is 50.2 Å². The van der Waals surface area contributed by atoms with Crippen molar-refractivity contribution in [3.63, 3.8) is 0 Å². The van der Waals surface area contributed by atoms with Crippen molar-refractivity contribution in [2.24, 2.45) is 0 Å². The molecule has 0 saturated heterocycles. The van der Waals surface area contributed by atoms with Crippen LogP contribution in [0.3, 0.4) is 0 Å². The summed E-state index contributed by atoms with van der Waals surface area (Å²) in [5, 5.41) is 3.15. The summed E-state index contributed by atoms with van der Waals surface area (Å²) in [5.74, 6) is 1.40. The normalized spacial score (nSPS) is 16.0. The van der Waals surface area contributed by atoms with E-state index in [1.54, 1.807) is 4.90 Å². The maximum absolute atomic E-state index is 13.2. The molecule has 0 aromatic heterocycles. The molecule has 0 bridgehead atoms. The summed E-state index contributed by atoms with van der Waals surface area (Å²) in [7, 11) is 0. The van der Waals surface area contributed by atoms with Crippen molar-refractivity contribution >= 4 is 11.8 Å². The van der Waals surface area contributed by atoms with Gasteiger partial charge in [-0.15, -0.1) is 0 Å². The first-order valence-corrected chi connectivity index (χ1v) is 11.6. The lowest BCUT2D eigenvalue weighted by molar-refractivity contribution is -0.140. The van der Waals surface area contributed by atoms with Crippen LogP contribution in [0.5, 0.6) is 11.5 Å². The first-order chi connectivity index (χ1) is 15.6. The maximum Gasteiger partial charge on any atom is 0.242 e. The predicted molar refractivity (Wildman–Crippen MR) is 123 cm³/mol. The number of hydrogen-bond acceptors (Lipinski definition) is 4. The van der Waals surface area contributed by atoms with Gasteiger partial charge in [-0.1, -0.05) is 49.2 Å². The second-order valence-electron chi connectivity index (χ2n) is 8.68. The molecule has 2 aromatic rings. The molecule has 6 heteroatoms. The van der Waals surface area contributed by atoms with Crippen LogP contribution >= 0.6 is 0 Å². The van der Waals surface area contributed by atoms with Gasteiger partial charge in [0.1, 0.15) is 6.04 Å². The number of ether oxygens (including phenoxy) is 2. The zero-order valence-electron chi connectivity index (χ0n) is 18.7. The van der Waals surface area contributed by atoms with E-state index in [4.69, 9.17) is 9.47 Å². The number of aryl methyl sites for hydroxylation is 1. The lowest BCUT2D eigenvalue weighted by Gasteiger charge is -2.30. The van der Waals surface area contributed by atoms with Gasteiger partial charge in [-0.3, -0.25) is 9.59 Å². The van der Waals surface area contributed by atoms with E-state index in [1.165, 1.54) is 0 Å². The molecule has 6 nitrogen and oxygen atoms in total. The SMILES string of the molecule is C[C@@H](C(=O)NC1CCCC1)N(CCc1ccccc1)C(=O)CCc1ccc2c(c1)OCO2. The van der Waals surface area contributed by atoms with Crippen molar-refractivity contribution in [3.05, 3.63) is 59.7 Å². The molecule has 1 atom stereocenters. The highest BCUT2D eigenvalue weighted by molar-refractivity contribution is 5.87. The quantitative estimate of drug-likeness (QED) is 0.648. The van der Waals surface area contributed by atoms with Crippen molar-refractivity contribution < 1.29 is 19.1 Å². The fourth-order valence-electron chi connectivity index (χ4n) is 4.45. The molecule has 4 rings (SSSR count). The Morgan fingerprint density at radius 1 is 1.00 bits per heavy atom. The Hall–Kier alpha value is -3.02. The van der Waals surface area contributed by atoms with E-state index < -0.39 is 6.04 Å². The molecule has 0 radical (unpaired) electrons. The molecule has 1 aliphatic carbocycles. The van der Waals surface area contributed by atoms with Crippen molar-refractivity contribution in [2.75, 3.05) is 13.3 Å². The number of carbonyl (C=O) groups excluding carboxylic acids is 2. The molecule has 2 aliphatic rings. The fraction of sp³-hybridized carbons (Fsp3) is 0.462. The minimum atomic E-state index is -0.497. The lowest BCUT2D eigenvalue weighted by atomic mass is 10.1. The van der Waals surface area contributed by atoms with Gasteiger partial charge in [-0.2, -0.15) is 0 Å². The molecule has 0 unspecified atom stereocenters. The number of fused-ring (bicyclic) bond motifs is 1. The van der Waals surface area contributed by atoms with Crippen LogP contribution in [0.15, 0.2) is 48.5 Å². The molecule has 2 amide bonds. The average Bonchev–Trinajstić information content (AvgIpc) is 3.50. The van der Waals surface area contributed by atoms with Crippen LogP contribution in [-0.4, -0.2) is 42.1 Å². The Morgan fingerprint density at radius 3 is 2.53 bits per heavy atom. The van der Waals surface area contributed by atoms with Crippen LogP contribution in [0.25, 0.3) is 0 Å². The van der Waals surface area contributed by atoms with Gasteiger partial charge in [-0.05, 0) is 55.9 Å². The number of rotatable bonds is 9. The zero-order valence-corrected chi connectivity index (χ0v) is 18.7. The lowest BCUT2D eigenvalue weighted by Crippen LogP contribution is -2.50. The van der Waals surface area contributed by atoms with Gasteiger partial charge in [0.15, 0.2) is 11.5 Å². The molecule has 1 heterocycles. The summed E-state index contributed by atoms with van der Waals surface area (Å²) in [6.45, 7) is 2.59. The fourth-order valence-corrected chi connectivity index (χ4v) is 4.45. The smallest absolute Gasteiger partial charge is 0.242 e. The summed E-state index contributed by atoms with van der Waals surface area (Å²) < 4.78 is 10.8.